The summed E-state index contributed by atoms with van der Waals surface area (Å²) in [5.41, 5.74) is 1.13. The van der Waals surface area contributed by atoms with Gasteiger partial charge >= 0.3 is 29.6 Å². The van der Waals surface area contributed by atoms with Crippen LogP contribution >= 0.6 is 23.2 Å². The van der Waals surface area contributed by atoms with Gasteiger partial charge in [-0.05, 0) is 73.5 Å². The molecule has 0 unspecified atom stereocenters. The molecule has 0 spiro atoms. The van der Waals surface area contributed by atoms with Crippen molar-refractivity contribution >= 4 is 56.5 Å². The molecule has 0 saturated carbocycles. The Morgan fingerprint density at radius 2 is 1.74 bits per heavy atom. The Kier molecular flexibility index (Phi) is 11.5. The van der Waals surface area contributed by atoms with Crippen molar-refractivity contribution in [2.45, 2.75) is 25.2 Å². The molecule has 0 radical (unpaired) electrons. The minimum absolute atomic E-state index is 0. The molecule has 0 heterocycles. The van der Waals surface area contributed by atoms with E-state index in [9.17, 15) is 22.8 Å². The number of nitriles is 1. The fourth-order valence-corrected chi connectivity index (χ4v) is 4.74. The number of aryl methyl sites for hydroxylation is 1. The summed E-state index contributed by atoms with van der Waals surface area (Å²) >= 11 is 12.1. The van der Waals surface area contributed by atoms with Crippen LogP contribution in [0.3, 0.4) is 0 Å². The van der Waals surface area contributed by atoms with Crippen LogP contribution in [0, 0.1) is 18.3 Å². The number of ketones is 1. The summed E-state index contributed by atoms with van der Waals surface area (Å²) in [5, 5.41) is 12.2. The molecule has 1 N–H and O–H groups in total. The van der Waals surface area contributed by atoms with Gasteiger partial charge in [0.1, 0.15) is 15.8 Å². The normalized spacial score (nSPS) is 10.5. The van der Waals surface area contributed by atoms with E-state index in [2.05, 4.69) is 10.0 Å². The van der Waals surface area contributed by atoms with Crippen LogP contribution in [-0.2, 0) is 19.6 Å². The van der Waals surface area contributed by atoms with Crippen LogP contribution < -0.4 is 39.6 Å². The predicted molar refractivity (Wildman–Crippen MR) is 142 cm³/mol. The number of rotatable bonds is 9. The molecule has 3 aromatic rings. The van der Waals surface area contributed by atoms with E-state index in [1.54, 1.807) is 6.92 Å². The maximum absolute atomic E-state index is 13.1. The van der Waals surface area contributed by atoms with Crippen molar-refractivity contribution in [3.05, 3.63) is 91.6 Å². The number of ether oxygens (including phenoxy) is 1. The van der Waals surface area contributed by atoms with Crippen molar-refractivity contribution in [2.24, 2.45) is 0 Å². The Hall–Kier alpha value is -2.91. The summed E-state index contributed by atoms with van der Waals surface area (Å²) in [5.74, 6) is -1.79. The molecule has 0 aromatic heterocycles. The molecule has 0 aliphatic rings. The van der Waals surface area contributed by atoms with Gasteiger partial charge in [0.05, 0.1) is 28.0 Å². The van der Waals surface area contributed by atoms with Crippen molar-refractivity contribution in [2.75, 3.05) is 11.9 Å². The summed E-state index contributed by atoms with van der Waals surface area (Å²) in [6, 6.07) is 14.3. The molecule has 39 heavy (non-hydrogen) atoms. The third kappa shape index (κ3) is 8.54. The van der Waals surface area contributed by atoms with E-state index in [1.165, 1.54) is 61.5 Å². The number of halogens is 2. The number of nitrogens with zero attached hydrogens (tertiary/aromatic N) is 2. The van der Waals surface area contributed by atoms with E-state index in [4.69, 9.17) is 33.2 Å². The number of hydrogen-bond acceptors (Lipinski definition) is 7. The minimum Gasteiger partial charge on any atom is -0.542 e. The van der Waals surface area contributed by atoms with Crippen molar-refractivity contribution in [1.82, 2.24) is 0 Å². The standard InChI is InChI=1S/C26H21Cl2N3O6S.Na/c1-3-24(32)31-38(35,36)20-5-6-22(15(2)8-20)30-25(33)14-37-23-7-4-18(27)12-21(23)26(34)17-9-16(13-29)10-19(28)11-17;/h4-12H,3,14H2,1-2H3,(H2,30,31,32,33);/q;+1/p-1. The third-order valence-electron chi connectivity index (χ3n) is 5.13. The Labute approximate surface area is 257 Å². The van der Waals surface area contributed by atoms with Crippen molar-refractivity contribution in [3.63, 3.8) is 0 Å². The number of anilines is 1. The van der Waals surface area contributed by atoms with E-state index in [-0.39, 0.29) is 73.4 Å². The van der Waals surface area contributed by atoms with Gasteiger partial charge in [-0.2, -0.15) is 5.26 Å². The first-order chi connectivity index (χ1) is 17.9. The summed E-state index contributed by atoms with van der Waals surface area (Å²) in [7, 11) is -4.16. The molecule has 3 aromatic carbocycles. The molecule has 2 amide bonds. The third-order valence-corrected chi connectivity index (χ3v) is 6.88. The van der Waals surface area contributed by atoms with E-state index >= 15 is 0 Å². The summed E-state index contributed by atoms with van der Waals surface area (Å²) in [6.07, 6.45) is -0.0483. The van der Waals surface area contributed by atoms with Gasteiger partial charge in [-0.15, -0.1) is 0 Å². The van der Waals surface area contributed by atoms with E-state index in [0.717, 1.165) is 0 Å². The molecule has 9 nitrogen and oxygen atoms in total. The van der Waals surface area contributed by atoms with E-state index < -0.39 is 34.2 Å². The molecule has 0 bridgehead atoms. The Morgan fingerprint density at radius 3 is 2.38 bits per heavy atom. The van der Waals surface area contributed by atoms with Crippen LogP contribution in [0.15, 0.2) is 59.5 Å². The predicted octanol–water partition coefficient (Wildman–Crippen LogP) is 2.43. The Bertz CT molecular complexity index is 1590. The summed E-state index contributed by atoms with van der Waals surface area (Å²) < 4.78 is 33.3. The Morgan fingerprint density at radius 1 is 1.03 bits per heavy atom. The van der Waals surface area contributed by atoms with Crippen molar-refractivity contribution in [1.29, 1.82) is 5.26 Å². The van der Waals surface area contributed by atoms with Gasteiger partial charge in [0.15, 0.2) is 12.4 Å². The van der Waals surface area contributed by atoms with Crippen LogP contribution in [0.2, 0.25) is 10.0 Å². The second-order valence-electron chi connectivity index (χ2n) is 7.94. The average Bonchev–Trinajstić information content (AvgIpc) is 2.87. The maximum atomic E-state index is 13.1. The summed E-state index contributed by atoms with van der Waals surface area (Å²) in [4.78, 5) is 37.0. The van der Waals surface area contributed by atoms with Crippen LogP contribution in [-0.4, -0.2) is 32.6 Å². The number of carbonyl (C=O) groups is 3. The second-order valence-corrected chi connectivity index (χ2v) is 10.4. The van der Waals surface area contributed by atoms with Gasteiger partial charge in [0, 0.05) is 21.3 Å². The molecular weight excluding hydrogens is 576 g/mol. The molecule has 0 aliphatic heterocycles. The molecule has 0 fully saturated rings. The number of hydrogen-bond donors (Lipinski definition) is 1. The first-order valence-corrected chi connectivity index (χ1v) is 13.2. The van der Waals surface area contributed by atoms with Crippen molar-refractivity contribution < 1.29 is 57.1 Å². The molecule has 196 valence electrons. The van der Waals surface area contributed by atoms with Crippen LogP contribution in [0.1, 0.15) is 40.4 Å². The molecule has 0 aliphatic carbocycles. The van der Waals surface area contributed by atoms with E-state index in [0.29, 0.717) is 11.3 Å². The van der Waals surface area contributed by atoms with Crippen LogP contribution in [0.25, 0.3) is 4.72 Å². The van der Waals surface area contributed by atoms with Gasteiger partial charge in [-0.3, -0.25) is 9.59 Å². The average molecular weight is 596 g/mol. The minimum atomic E-state index is -4.16. The Balaban J connectivity index is 0.00000533. The number of nitrogens with one attached hydrogen (secondary N) is 1. The zero-order valence-corrected chi connectivity index (χ0v) is 25.4. The fourth-order valence-electron chi connectivity index (χ4n) is 3.26. The molecule has 13 heteroatoms. The molecule has 0 atom stereocenters. The zero-order valence-electron chi connectivity index (χ0n) is 21.1. The van der Waals surface area contributed by atoms with Crippen LogP contribution in [0.5, 0.6) is 5.75 Å². The largest absolute Gasteiger partial charge is 1.00 e. The fraction of sp³-hybridized carbons (Fsp3) is 0.154. The second kappa shape index (κ2) is 13.9. The van der Waals surface area contributed by atoms with Gasteiger partial charge in [-0.1, -0.05) is 30.1 Å². The molecular formula is C26H20Cl2N3NaO6S. The first kappa shape index (κ1) is 32.3. The zero-order chi connectivity index (χ0) is 28.0. The molecule has 0 saturated heterocycles. The van der Waals surface area contributed by atoms with Gasteiger partial charge in [0.25, 0.3) is 5.91 Å². The first-order valence-electron chi connectivity index (χ1n) is 11.0. The topological polar surface area (TPSA) is 144 Å². The van der Waals surface area contributed by atoms with Crippen molar-refractivity contribution in [3.8, 4) is 11.8 Å². The number of carbonyl (C=O) groups excluding carboxylic acids is 3. The molecule has 3 rings (SSSR count). The number of benzene rings is 3. The van der Waals surface area contributed by atoms with Gasteiger partial charge in [0.2, 0.25) is 0 Å². The van der Waals surface area contributed by atoms with Crippen LogP contribution in [0.4, 0.5) is 5.69 Å². The van der Waals surface area contributed by atoms with E-state index in [1.807, 2.05) is 6.07 Å². The SMILES string of the molecule is CCC(=O)[N-]S(=O)(=O)c1ccc(NC(=O)COc2ccc(Cl)cc2C(=O)c2cc(Cl)cc(C#N)c2)c(C)c1.[Na+]. The number of sulfonamides is 1. The van der Waals surface area contributed by atoms with Gasteiger partial charge < -0.3 is 19.6 Å². The monoisotopic (exact) mass is 595 g/mol. The smallest absolute Gasteiger partial charge is 0.542 e. The quantitative estimate of drug-likeness (QED) is 0.295. The number of amides is 2. The summed E-state index contributed by atoms with van der Waals surface area (Å²) in [6.45, 7) is 2.59. The van der Waals surface area contributed by atoms with Gasteiger partial charge in [-0.25, -0.2) is 8.42 Å². The maximum Gasteiger partial charge on any atom is 1.00 e.